The van der Waals surface area contributed by atoms with Crippen LogP contribution in [0.25, 0.3) is 0 Å². The van der Waals surface area contributed by atoms with Crippen molar-refractivity contribution in [2.24, 2.45) is 0 Å². The Hall–Kier alpha value is -1.69. The Bertz CT molecular complexity index is 553. The predicted molar refractivity (Wildman–Crippen MR) is 84.4 cm³/mol. The van der Waals surface area contributed by atoms with Crippen LogP contribution in [0.15, 0.2) is 11.6 Å². The van der Waals surface area contributed by atoms with E-state index in [4.69, 9.17) is 0 Å². The lowest BCUT2D eigenvalue weighted by Crippen LogP contribution is -2.13. The second kappa shape index (κ2) is 6.65. The first-order chi connectivity index (χ1) is 9.61. The van der Waals surface area contributed by atoms with Crippen molar-refractivity contribution in [3.8, 4) is 0 Å². The van der Waals surface area contributed by atoms with Gasteiger partial charge in [0.1, 0.15) is 22.5 Å². The lowest BCUT2D eigenvalue weighted by molar-refractivity contribution is 0.849. The third-order valence-electron chi connectivity index (χ3n) is 2.98. The molecule has 0 aliphatic rings. The van der Waals surface area contributed by atoms with Gasteiger partial charge in [-0.2, -0.15) is 0 Å². The summed E-state index contributed by atoms with van der Waals surface area (Å²) in [5.74, 6) is 2.55. The molecular formula is C14H21N5S. The van der Waals surface area contributed by atoms with E-state index in [0.717, 1.165) is 41.0 Å². The minimum absolute atomic E-state index is 0.141. The molecule has 6 heteroatoms. The average molecular weight is 291 g/mol. The average Bonchev–Trinajstić information content (AvgIpc) is 2.95. The van der Waals surface area contributed by atoms with Gasteiger partial charge in [0, 0.05) is 23.7 Å². The fourth-order valence-corrected chi connectivity index (χ4v) is 2.55. The summed E-state index contributed by atoms with van der Waals surface area (Å²) < 4.78 is 0. The molecule has 0 saturated carbocycles. The summed E-state index contributed by atoms with van der Waals surface area (Å²) in [6.07, 6.45) is 2.89. The van der Waals surface area contributed by atoms with Gasteiger partial charge in [-0.15, -0.1) is 11.3 Å². The minimum atomic E-state index is 0.141. The Balaban J connectivity index is 2.20. The maximum Gasteiger partial charge on any atom is 0.135 e. The maximum absolute atomic E-state index is 4.51. The van der Waals surface area contributed by atoms with Crippen LogP contribution in [-0.4, -0.2) is 21.5 Å². The van der Waals surface area contributed by atoms with Crippen LogP contribution in [0, 0.1) is 13.8 Å². The van der Waals surface area contributed by atoms with Gasteiger partial charge in [0.25, 0.3) is 0 Å². The number of hydrogen-bond acceptors (Lipinski definition) is 6. The summed E-state index contributed by atoms with van der Waals surface area (Å²) in [6.45, 7) is 9.10. The highest BCUT2D eigenvalue weighted by Crippen LogP contribution is 2.25. The third kappa shape index (κ3) is 3.45. The number of nitrogens with one attached hydrogen (secondary N) is 2. The van der Waals surface area contributed by atoms with Gasteiger partial charge in [0.05, 0.1) is 6.04 Å². The summed E-state index contributed by atoms with van der Waals surface area (Å²) in [4.78, 5) is 13.3. The molecule has 2 N–H and O–H groups in total. The van der Waals surface area contributed by atoms with Crippen LogP contribution in [0.3, 0.4) is 0 Å². The Morgan fingerprint density at radius 3 is 2.65 bits per heavy atom. The van der Waals surface area contributed by atoms with E-state index in [1.54, 1.807) is 11.3 Å². The van der Waals surface area contributed by atoms with Crippen LogP contribution in [-0.2, 0) is 0 Å². The number of rotatable bonds is 6. The summed E-state index contributed by atoms with van der Waals surface area (Å²) >= 11 is 1.65. The summed E-state index contributed by atoms with van der Waals surface area (Å²) in [6, 6.07) is 0.141. The predicted octanol–water partition coefficient (Wildman–Crippen LogP) is 3.54. The second-order valence-corrected chi connectivity index (χ2v) is 5.68. The van der Waals surface area contributed by atoms with Crippen molar-refractivity contribution in [3.05, 3.63) is 28.0 Å². The van der Waals surface area contributed by atoms with Crippen molar-refractivity contribution in [2.45, 2.75) is 40.2 Å². The lowest BCUT2D eigenvalue weighted by Gasteiger charge is -2.17. The Labute approximate surface area is 123 Å². The molecule has 0 saturated heterocycles. The molecule has 0 bridgehead atoms. The van der Waals surface area contributed by atoms with E-state index in [1.165, 1.54) is 0 Å². The zero-order chi connectivity index (χ0) is 14.5. The minimum Gasteiger partial charge on any atom is -0.370 e. The standard InChI is InChI=1S/C14H21N5S/c1-5-6-15-12-9(2)13(19-11(4)18-12)17-10(3)14-16-7-8-20-14/h7-8,10H,5-6H2,1-4H3,(H2,15,17,18,19). The van der Waals surface area contributed by atoms with Crippen LogP contribution in [0.2, 0.25) is 0 Å². The molecule has 0 radical (unpaired) electrons. The molecule has 1 atom stereocenters. The second-order valence-electron chi connectivity index (χ2n) is 4.76. The Morgan fingerprint density at radius 1 is 1.25 bits per heavy atom. The highest BCUT2D eigenvalue weighted by molar-refractivity contribution is 7.09. The summed E-state index contributed by atoms with van der Waals surface area (Å²) in [7, 11) is 0. The largest absolute Gasteiger partial charge is 0.370 e. The summed E-state index contributed by atoms with van der Waals surface area (Å²) in [5, 5.41) is 9.82. The normalized spacial score (nSPS) is 12.2. The number of nitrogens with zero attached hydrogens (tertiary/aromatic N) is 3. The first-order valence-corrected chi connectivity index (χ1v) is 7.74. The molecule has 2 rings (SSSR count). The van der Waals surface area contributed by atoms with Crippen LogP contribution in [0.5, 0.6) is 0 Å². The van der Waals surface area contributed by atoms with Crippen molar-refractivity contribution in [3.63, 3.8) is 0 Å². The number of aryl methyl sites for hydroxylation is 1. The number of aromatic nitrogens is 3. The molecule has 0 fully saturated rings. The van der Waals surface area contributed by atoms with Crippen LogP contribution < -0.4 is 10.6 Å². The molecule has 2 aromatic rings. The van der Waals surface area contributed by atoms with Gasteiger partial charge < -0.3 is 10.6 Å². The van der Waals surface area contributed by atoms with Crippen LogP contribution >= 0.6 is 11.3 Å². The SMILES string of the molecule is CCCNc1nc(C)nc(NC(C)c2nccs2)c1C. The zero-order valence-corrected chi connectivity index (χ0v) is 13.2. The smallest absolute Gasteiger partial charge is 0.135 e. The fourth-order valence-electron chi connectivity index (χ4n) is 1.90. The molecule has 108 valence electrons. The van der Waals surface area contributed by atoms with Gasteiger partial charge in [-0.1, -0.05) is 6.92 Å². The molecule has 20 heavy (non-hydrogen) atoms. The van der Waals surface area contributed by atoms with Crippen molar-refractivity contribution in [2.75, 3.05) is 17.2 Å². The van der Waals surface area contributed by atoms with E-state index < -0.39 is 0 Å². The molecule has 0 aliphatic heterocycles. The first kappa shape index (κ1) is 14.7. The zero-order valence-electron chi connectivity index (χ0n) is 12.4. The molecular weight excluding hydrogens is 270 g/mol. The topological polar surface area (TPSA) is 62.7 Å². The Morgan fingerprint density at radius 2 is 2.00 bits per heavy atom. The van der Waals surface area contributed by atoms with Gasteiger partial charge in [-0.3, -0.25) is 0 Å². The van der Waals surface area contributed by atoms with Gasteiger partial charge in [-0.25, -0.2) is 15.0 Å². The highest BCUT2D eigenvalue weighted by atomic mass is 32.1. The van der Waals surface area contributed by atoms with Crippen molar-refractivity contribution >= 4 is 23.0 Å². The fraction of sp³-hybridized carbons (Fsp3) is 0.500. The van der Waals surface area contributed by atoms with E-state index in [2.05, 4.69) is 39.4 Å². The van der Waals surface area contributed by atoms with Crippen molar-refractivity contribution < 1.29 is 0 Å². The van der Waals surface area contributed by atoms with Crippen LogP contribution in [0.4, 0.5) is 11.6 Å². The first-order valence-electron chi connectivity index (χ1n) is 6.86. The number of anilines is 2. The molecule has 0 aliphatic carbocycles. The van der Waals surface area contributed by atoms with Crippen LogP contribution in [0.1, 0.15) is 42.7 Å². The third-order valence-corrected chi connectivity index (χ3v) is 3.93. The molecule has 0 aromatic carbocycles. The quantitative estimate of drug-likeness (QED) is 0.852. The van der Waals surface area contributed by atoms with E-state index >= 15 is 0 Å². The molecule has 1 unspecified atom stereocenters. The molecule has 0 spiro atoms. The number of hydrogen-bond donors (Lipinski definition) is 2. The van der Waals surface area contributed by atoms with Gasteiger partial charge in [-0.05, 0) is 27.2 Å². The molecule has 2 aromatic heterocycles. The number of thiazole rings is 1. The monoisotopic (exact) mass is 291 g/mol. The van der Waals surface area contributed by atoms with Crippen molar-refractivity contribution in [1.82, 2.24) is 15.0 Å². The van der Waals surface area contributed by atoms with E-state index in [9.17, 15) is 0 Å². The van der Waals surface area contributed by atoms with E-state index in [-0.39, 0.29) is 6.04 Å². The molecule has 0 amide bonds. The lowest BCUT2D eigenvalue weighted by atomic mass is 10.2. The Kier molecular flexibility index (Phi) is 4.89. The van der Waals surface area contributed by atoms with Gasteiger partial charge in [0.2, 0.25) is 0 Å². The maximum atomic E-state index is 4.51. The summed E-state index contributed by atoms with van der Waals surface area (Å²) in [5.41, 5.74) is 1.05. The molecule has 5 nitrogen and oxygen atoms in total. The van der Waals surface area contributed by atoms with Crippen molar-refractivity contribution in [1.29, 1.82) is 0 Å². The van der Waals surface area contributed by atoms with Gasteiger partial charge >= 0.3 is 0 Å². The molecule has 2 heterocycles. The highest BCUT2D eigenvalue weighted by Gasteiger charge is 2.13. The van der Waals surface area contributed by atoms with E-state index in [1.807, 2.05) is 25.4 Å². The van der Waals surface area contributed by atoms with Gasteiger partial charge in [0.15, 0.2) is 0 Å². The van der Waals surface area contributed by atoms with E-state index in [0.29, 0.717) is 0 Å².